The number of phenolic OH excluding ortho intramolecular Hbond substituents is 2. The van der Waals surface area contributed by atoms with Gasteiger partial charge in [0.25, 0.3) is 5.91 Å². The number of aromatic hydroxyl groups is 2. The van der Waals surface area contributed by atoms with Crippen LogP contribution in [0.3, 0.4) is 0 Å². The number of carbonyl (C=O) groups excluding carboxylic acids is 6. The number of hydrogen-bond donors (Lipinski definition) is 7. The zero-order chi connectivity index (χ0) is 44.0. The Bertz CT molecular complexity index is 2300. The number of amides is 5. The van der Waals surface area contributed by atoms with Crippen molar-refractivity contribution in [2.75, 3.05) is 20.1 Å². The van der Waals surface area contributed by atoms with E-state index in [1.807, 2.05) is 12.1 Å². The lowest BCUT2D eigenvalue weighted by Crippen LogP contribution is -2.56. The first-order valence-electron chi connectivity index (χ1n) is 20.0. The van der Waals surface area contributed by atoms with Crippen molar-refractivity contribution >= 4 is 46.9 Å². The van der Waals surface area contributed by atoms with E-state index in [2.05, 4.69) is 21.3 Å². The van der Waals surface area contributed by atoms with E-state index < -0.39 is 59.8 Å². The highest BCUT2D eigenvalue weighted by molar-refractivity contribution is 6.30. The second-order valence-corrected chi connectivity index (χ2v) is 15.8. The number of hydrogen-bond acceptors (Lipinski definition) is 10. The van der Waals surface area contributed by atoms with Crippen molar-refractivity contribution in [3.05, 3.63) is 107 Å². The number of carbonyl (C=O) groups is 6. The fraction of sp³-hybridized carbons (Fsp3) is 0.333. The summed E-state index contributed by atoms with van der Waals surface area (Å²) >= 11 is 6.04. The van der Waals surface area contributed by atoms with E-state index >= 15 is 0 Å². The van der Waals surface area contributed by atoms with Crippen LogP contribution in [0.4, 0.5) is 0 Å². The molecule has 1 fully saturated rings. The van der Waals surface area contributed by atoms with Crippen LogP contribution in [0.5, 0.6) is 11.5 Å². The molecule has 0 saturated carbocycles. The van der Waals surface area contributed by atoms with Gasteiger partial charge in [-0.25, -0.2) is 0 Å². The molecule has 16 heteroatoms. The fourth-order valence-corrected chi connectivity index (χ4v) is 7.38. The van der Waals surface area contributed by atoms with Gasteiger partial charge in [-0.2, -0.15) is 0 Å². The number of epoxide rings is 1. The number of phenols is 2. The van der Waals surface area contributed by atoms with E-state index in [4.69, 9.17) is 22.1 Å². The zero-order valence-corrected chi connectivity index (χ0v) is 34.7. The van der Waals surface area contributed by atoms with Crippen molar-refractivity contribution in [3.8, 4) is 33.8 Å². The monoisotopic (exact) mass is 852 g/mol. The molecule has 0 aliphatic carbocycles. The van der Waals surface area contributed by atoms with Crippen molar-refractivity contribution in [3.63, 3.8) is 0 Å². The Hall–Kier alpha value is -6.29. The number of fused-ring (bicyclic) bond motifs is 5. The number of unbranched alkanes of at least 4 members (excludes halogenated alkanes) is 1. The summed E-state index contributed by atoms with van der Waals surface area (Å²) in [6.45, 7) is 3.16. The molecule has 5 amide bonds. The number of halogens is 1. The summed E-state index contributed by atoms with van der Waals surface area (Å²) in [6.07, 6.45) is 0.262. The Kier molecular flexibility index (Phi) is 14.1. The number of benzene rings is 4. The molecule has 2 aliphatic rings. The normalized spacial score (nSPS) is 20.2. The first-order chi connectivity index (χ1) is 29.1. The van der Waals surface area contributed by atoms with Gasteiger partial charge in [0.15, 0.2) is 5.78 Å². The molecule has 2 aliphatic heterocycles. The van der Waals surface area contributed by atoms with E-state index in [-0.39, 0.29) is 59.5 Å². The summed E-state index contributed by atoms with van der Waals surface area (Å²) in [7, 11) is 1.39. The quantitative estimate of drug-likeness (QED) is 0.0764. The summed E-state index contributed by atoms with van der Waals surface area (Å²) in [5.74, 6) is -4.17. The molecule has 1 saturated heterocycles. The van der Waals surface area contributed by atoms with Crippen LogP contribution in [-0.4, -0.2) is 101 Å². The molecule has 6 atom stereocenters. The molecule has 0 radical (unpaired) electrons. The molecule has 15 nitrogen and oxygen atoms in total. The predicted octanol–water partition coefficient (Wildman–Crippen LogP) is 3.53. The van der Waals surface area contributed by atoms with Crippen LogP contribution in [-0.2, 0) is 35.1 Å². The largest absolute Gasteiger partial charge is 0.507 e. The summed E-state index contributed by atoms with van der Waals surface area (Å²) in [4.78, 5) is 83.4. The predicted molar refractivity (Wildman–Crippen MR) is 227 cm³/mol. The van der Waals surface area contributed by atoms with Crippen LogP contribution in [0.25, 0.3) is 22.3 Å². The van der Waals surface area contributed by atoms with Gasteiger partial charge in [-0.3, -0.25) is 28.8 Å². The second kappa shape index (κ2) is 19.4. The van der Waals surface area contributed by atoms with Gasteiger partial charge in [-0.15, -0.1) is 0 Å². The van der Waals surface area contributed by atoms with Gasteiger partial charge < -0.3 is 46.9 Å². The fourth-order valence-electron chi connectivity index (χ4n) is 7.26. The molecule has 61 heavy (non-hydrogen) atoms. The minimum Gasteiger partial charge on any atom is -0.507 e. The van der Waals surface area contributed by atoms with Crippen LogP contribution >= 0.6 is 11.6 Å². The number of nitrogens with zero attached hydrogens (tertiary/aromatic N) is 1. The number of likely N-dealkylation sites (N-methyl/N-ethyl adjacent to an activating group) is 1. The standard InChI is InChI=1S/C45H49ClN6O9/c1-24-41(56)51-35(43(58)48-23-38(55)40-25(2)61-40)21-26-7-17-36(53)32(20-26)33-22-30(14-18-37(33)54)39(44(59)49-24)52(3)45(60)34(6-4-5-19-47)50-42(57)29-10-8-27(9-11-29)28-12-15-31(46)16-13-28/h7-18,20,22,24-25,34-35,39-40,53-54H,4-6,19,21,23,47H2,1-3H3,(H,48,58)(H,49,59)(H,50,57)(H,51,56)/t24-,25?,34-,35-,39-,40?/m0/s1. The topological polar surface area (TPSA) is 233 Å². The Morgan fingerprint density at radius 3 is 2.13 bits per heavy atom. The smallest absolute Gasteiger partial charge is 0.251 e. The van der Waals surface area contributed by atoms with Crippen molar-refractivity contribution in [1.82, 2.24) is 26.2 Å². The zero-order valence-electron chi connectivity index (χ0n) is 33.9. The Morgan fingerprint density at radius 2 is 1.49 bits per heavy atom. The van der Waals surface area contributed by atoms with E-state index in [9.17, 15) is 39.0 Å². The third-order valence-corrected chi connectivity index (χ3v) is 11.1. The minimum atomic E-state index is -1.43. The first-order valence-corrected chi connectivity index (χ1v) is 20.4. The Balaban J connectivity index is 1.30. The number of rotatable bonds is 13. The molecule has 4 aromatic rings. The lowest BCUT2D eigenvalue weighted by Gasteiger charge is -2.32. The van der Waals surface area contributed by atoms with Gasteiger partial charge in [0.2, 0.25) is 23.6 Å². The van der Waals surface area contributed by atoms with Gasteiger partial charge in [0, 0.05) is 35.2 Å². The van der Waals surface area contributed by atoms with E-state index in [0.29, 0.717) is 35.5 Å². The molecular formula is C45H49ClN6O9. The molecule has 2 heterocycles. The first kappa shape index (κ1) is 44.3. The van der Waals surface area contributed by atoms with Crippen molar-refractivity contribution in [1.29, 1.82) is 0 Å². The van der Waals surface area contributed by atoms with Gasteiger partial charge in [-0.1, -0.05) is 48.0 Å². The molecule has 4 bridgehead atoms. The number of nitrogens with one attached hydrogen (secondary N) is 4. The molecule has 0 spiro atoms. The maximum absolute atomic E-state index is 14.5. The van der Waals surface area contributed by atoms with Gasteiger partial charge in [-0.05, 0) is 110 Å². The van der Waals surface area contributed by atoms with E-state index in [1.165, 1.54) is 44.3 Å². The van der Waals surface area contributed by atoms with Gasteiger partial charge >= 0.3 is 0 Å². The molecule has 0 aromatic heterocycles. The summed E-state index contributed by atoms with van der Waals surface area (Å²) < 4.78 is 5.20. The van der Waals surface area contributed by atoms with E-state index in [0.717, 1.165) is 16.0 Å². The van der Waals surface area contributed by atoms with Crippen molar-refractivity contribution < 1.29 is 43.7 Å². The average Bonchev–Trinajstić information content (AvgIpc) is 3.99. The third-order valence-electron chi connectivity index (χ3n) is 10.8. The van der Waals surface area contributed by atoms with Crippen LogP contribution in [0.1, 0.15) is 60.6 Å². The van der Waals surface area contributed by atoms with Crippen LogP contribution in [0.15, 0.2) is 84.9 Å². The molecular weight excluding hydrogens is 804 g/mol. The second-order valence-electron chi connectivity index (χ2n) is 15.3. The molecule has 4 aromatic carbocycles. The average molecular weight is 853 g/mol. The third kappa shape index (κ3) is 10.7. The van der Waals surface area contributed by atoms with Crippen molar-refractivity contribution in [2.24, 2.45) is 5.73 Å². The number of Topliss-reactive ketones (excluding diaryl/α,β-unsaturated/α-hetero) is 1. The number of nitrogens with two attached hydrogens (primary N) is 1. The van der Waals surface area contributed by atoms with Gasteiger partial charge in [0.05, 0.1) is 12.6 Å². The highest BCUT2D eigenvalue weighted by Crippen LogP contribution is 2.39. The Labute approximate surface area is 358 Å². The maximum atomic E-state index is 14.5. The highest BCUT2D eigenvalue weighted by atomic mass is 35.5. The lowest BCUT2D eigenvalue weighted by atomic mass is 9.93. The van der Waals surface area contributed by atoms with Crippen LogP contribution in [0.2, 0.25) is 5.02 Å². The molecule has 2 unspecified atom stereocenters. The van der Waals surface area contributed by atoms with Gasteiger partial charge in [0.1, 0.15) is 41.8 Å². The summed E-state index contributed by atoms with van der Waals surface area (Å²) in [5.41, 5.74) is 8.78. The summed E-state index contributed by atoms with van der Waals surface area (Å²) in [5, 5.41) is 33.5. The van der Waals surface area contributed by atoms with E-state index in [1.54, 1.807) is 49.4 Å². The van der Waals surface area contributed by atoms with Crippen molar-refractivity contribution in [2.45, 2.75) is 75.9 Å². The highest BCUT2D eigenvalue weighted by Gasteiger charge is 2.41. The maximum Gasteiger partial charge on any atom is 0.251 e. The Morgan fingerprint density at radius 1 is 0.869 bits per heavy atom. The SMILES string of the molecule is CC1OC1C(=O)CNC(=O)[C@@H]1Cc2ccc(O)c(c2)-c2cc(ccc2O)[C@H](N(C)C(=O)[C@H](CCCCN)NC(=O)c2ccc(-c3ccc(Cl)cc3)cc2)C(=O)N[C@@H](C)C(=O)N1. The molecule has 8 N–H and O–H groups in total. The summed E-state index contributed by atoms with van der Waals surface area (Å²) in [6, 6.07) is 17.8. The molecule has 320 valence electrons. The number of ketones is 1. The minimum absolute atomic E-state index is 0.0832. The number of ether oxygens (including phenoxy) is 1. The van der Waals surface area contributed by atoms with Crippen LogP contribution < -0.4 is 27.0 Å². The van der Waals surface area contributed by atoms with Crippen LogP contribution in [0, 0.1) is 0 Å². The lowest BCUT2D eigenvalue weighted by molar-refractivity contribution is -0.141. The molecule has 6 rings (SSSR count).